The highest BCUT2D eigenvalue weighted by Crippen LogP contribution is 2.23. The van der Waals surface area contributed by atoms with Crippen molar-refractivity contribution < 1.29 is 19.2 Å². The summed E-state index contributed by atoms with van der Waals surface area (Å²) in [5.74, 6) is -1.34. The fraction of sp³-hybridized carbons (Fsp3) is 0.211. The molecule has 0 saturated carbocycles. The molecular formula is C19H17N3O5S. The van der Waals surface area contributed by atoms with Crippen LogP contribution in [0, 0.1) is 10.1 Å². The average molecular weight is 399 g/mol. The van der Waals surface area contributed by atoms with Crippen LogP contribution in [-0.2, 0) is 16.1 Å². The van der Waals surface area contributed by atoms with Crippen LogP contribution in [-0.4, -0.2) is 39.8 Å². The maximum atomic E-state index is 12.5. The minimum Gasteiger partial charge on any atom is -0.449 e. The summed E-state index contributed by atoms with van der Waals surface area (Å²) in [5, 5.41) is 11.8. The molecular weight excluding hydrogens is 382 g/mol. The van der Waals surface area contributed by atoms with E-state index in [1.165, 1.54) is 47.4 Å². The van der Waals surface area contributed by atoms with Gasteiger partial charge < -0.3 is 9.64 Å². The Morgan fingerprint density at radius 1 is 1.21 bits per heavy atom. The van der Waals surface area contributed by atoms with Gasteiger partial charge in [-0.1, -0.05) is 24.3 Å². The zero-order valence-corrected chi connectivity index (χ0v) is 16.0. The first-order chi connectivity index (χ1) is 13.4. The molecule has 0 saturated heterocycles. The SMILES string of the molecule is CC(OC(=O)c1ccccc1[N+](=O)[O-])C(=O)N(C)Cc1nc2ccccc2s1. The number of thiazole rings is 1. The number of nitro groups is 1. The van der Waals surface area contributed by atoms with Gasteiger partial charge in [0, 0.05) is 13.1 Å². The van der Waals surface area contributed by atoms with Gasteiger partial charge in [-0.05, 0) is 25.1 Å². The number of likely N-dealkylation sites (N-methyl/N-ethyl adjacent to an activating group) is 1. The molecule has 0 fully saturated rings. The fourth-order valence-electron chi connectivity index (χ4n) is 2.66. The summed E-state index contributed by atoms with van der Waals surface area (Å²) >= 11 is 1.48. The summed E-state index contributed by atoms with van der Waals surface area (Å²) in [4.78, 5) is 41.1. The fourth-order valence-corrected chi connectivity index (χ4v) is 3.68. The van der Waals surface area contributed by atoms with E-state index >= 15 is 0 Å². The third-order valence-corrected chi connectivity index (χ3v) is 5.06. The van der Waals surface area contributed by atoms with Crippen LogP contribution in [0.1, 0.15) is 22.3 Å². The first-order valence-corrected chi connectivity index (χ1v) is 9.22. The van der Waals surface area contributed by atoms with Crippen molar-refractivity contribution in [2.45, 2.75) is 19.6 Å². The van der Waals surface area contributed by atoms with E-state index in [1.54, 1.807) is 7.05 Å². The van der Waals surface area contributed by atoms with E-state index in [0.717, 1.165) is 15.2 Å². The summed E-state index contributed by atoms with van der Waals surface area (Å²) in [6.07, 6.45) is -1.09. The largest absolute Gasteiger partial charge is 0.449 e. The average Bonchev–Trinajstić information content (AvgIpc) is 3.09. The lowest BCUT2D eigenvalue weighted by Gasteiger charge is -2.20. The second-order valence-electron chi connectivity index (χ2n) is 6.09. The smallest absolute Gasteiger partial charge is 0.345 e. The number of carbonyl (C=O) groups excluding carboxylic acids is 2. The predicted molar refractivity (Wildman–Crippen MR) is 104 cm³/mol. The molecule has 0 radical (unpaired) electrons. The van der Waals surface area contributed by atoms with Crippen LogP contribution in [0.25, 0.3) is 10.2 Å². The highest BCUT2D eigenvalue weighted by molar-refractivity contribution is 7.18. The molecule has 144 valence electrons. The second-order valence-corrected chi connectivity index (χ2v) is 7.21. The number of nitro benzene ring substituents is 1. The summed E-state index contributed by atoms with van der Waals surface area (Å²) in [6.45, 7) is 1.70. The van der Waals surface area contributed by atoms with E-state index in [9.17, 15) is 19.7 Å². The van der Waals surface area contributed by atoms with Gasteiger partial charge in [0.2, 0.25) is 0 Å². The second kappa shape index (κ2) is 8.13. The monoisotopic (exact) mass is 399 g/mol. The van der Waals surface area contributed by atoms with E-state index in [-0.39, 0.29) is 17.8 Å². The number of ether oxygens (including phenoxy) is 1. The Bertz CT molecular complexity index is 1020. The first-order valence-electron chi connectivity index (χ1n) is 8.40. The highest BCUT2D eigenvalue weighted by atomic mass is 32.1. The number of benzene rings is 2. The lowest BCUT2D eigenvalue weighted by atomic mass is 10.2. The predicted octanol–water partition coefficient (Wildman–Crippen LogP) is 3.41. The van der Waals surface area contributed by atoms with Gasteiger partial charge in [-0.3, -0.25) is 14.9 Å². The number of carbonyl (C=O) groups is 2. The topological polar surface area (TPSA) is 103 Å². The van der Waals surface area contributed by atoms with E-state index in [4.69, 9.17) is 4.74 Å². The molecule has 1 amide bonds. The number of para-hydroxylation sites is 2. The number of hydrogen-bond donors (Lipinski definition) is 0. The zero-order chi connectivity index (χ0) is 20.3. The van der Waals surface area contributed by atoms with E-state index in [2.05, 4.69) is 4.98 Å². The van der Waals surface area contributed by atoms with Crippen LogP contribution in [0.4, 0.5) is 5.69 Å². The van der Waals surface area contributed by atoms with Gasteiger partial charge >= 0.3 is 5.97 Å². The van der Waals surface area contributed by atoms with Gasteiger partial charge in [-0.25, -0.2) is 9.78 Å². The molecule has 3 rings (SSSR count). The molecule has 0 bridgehead atoms. The molecule has 3 aromatic rings. The molecule has 8 nitrogen and oxygen atoms in total. The number of fused-ring (bicyclic) bond motifs is 1. The molecule has 0 N–H and O–H groups in total. The van der Waals surface area contributed by atoms with Crippen molar-refractivity contribution in [3.63, 3.8) is 0 Å². The van der Waals surface area contributed by atoms with Crippen molar-refractivity contribution in [1.82, 2.24) is 9.88 Å². The molecule has 2 aromatic carbocycles. The molecule has 0 spiro atoms. The van der Waals surface area contributed by atoms with Crippen LogP contribution in [0.3, 0.4) is 0 Å². The molecule has 9 heteroatoms. The number of rotatable bonds is 6. The standard InChI is InChI=1S/C19H17N3O5S/c1-12(27-19(24)13-7-3-5-9-15(13)22(25)26)18(23)21(2)11-17-20-14-8-4-6-10-16(14)28-17/h3-10,12H,11H2,1-2H3. The van der Waals surface area contributed by atoms with E-state index in [0.29, 0.717) is 0 Å². The van der Waals surface area contributed by atoms with Gasteiger partial charge in [-0.2, -0.15) is 0 Å². The van der Waals surface area contributed by atoms with Gasteiger partial charge in [-0.15, -0.1) is 11.3 Å². The molecule has 0 aliphatic rings. The number of esters is 1. The van der Waals surface area contributed by atoms with Crippen molar-refractivity contribution in [3.8, 4) is 0 Å². The van der Waals surface area contributed by atoms with Gasteiger partial charge in [0.15, 0.2) is 6.10 Å². The van der Waals surface area contributed by atoms with Crippen LogP contribution in [0.15, 0.2) is 48.5 Å². The maximum Gasteiger partial charge on any atom is 0.345 e. The summed E-state index contributed by atoms with van der Waals surface area (Å²) in [6, 6.07) is 13.1. The molecule has 0 aliphatic heterocycles. The van der Waals surface area contributed by atoms with Crippen LogP contribution in [0.2, 0.25) is 0 Å². The molecule has 1 unspecified atom stereocenters. The zero-order valence-electron chi connectivity index (χ0n) is 15.2. The first kappa shape index (κ1) is 19.4. The maximum absolute atomic E-state index is 12.5. The third-order valence-electron chi connectivity index (χ3n) is 4.04. The van der Waals surface area contributed by atoms with Crippen molar-refractivity contribution in [2.24, 2.45) is 0 Å². The highest BCUT2D eigenvalue weighted by Gasteiger charge is 2.26. The quantitative estimate of drug-likeness (QED) is 0.357. The number of aromatic nitrogens is 1. The van der Waals surface area contributed by atoms with E-state index in [1.807, 2.05) is 24.3 Å². The molecule has 28 heavy (non-hydrogen) atoms. The van der Waals surface area contributed by atoms with Gasteiger partial charge in [0.05, 0.1) is 21.7 Å². The van der Waals surface area contributed by atoms with Crippen molar-refractivity contribution in [1.29, 1.82) is 0 Å². The Hall–Kier alpha value is -3.33. The summed E-state index contributed by atoms with van der Waals surface area (Å²) < 4.78 is 6.18. The molecule has 0 aliphatic carbocycles. The van der Waals surface area contributed by atoms with Crippen molar-refractivity contribution in [3.05, 3.63) is 69.2 Å². The Labute approximate surface area is 164 Å². The Balaban J connectivity index is 1.66. The number of hydrogen-bond acceptors (Lipinski definition) is 7. The Morgan fingerprint density at radius 2 is 1.89 bits per heavy atom. The Kier molecular flexibility index (Phi) is 5.65. The lowest BCUT2D eigenvalue weighted by molar-refractivity contribution is -0.385. The van der Waals surface area contributed by atoms with Crippen molar-refractivity contribution >= 4 is 39.1 Å². The van der Waals surface area contributed by atoms with Gasteiger partial charge in [0.25, 0.3) is 11.6 Å². The molecule has 1 aromatic heterocycles. The number of amides is 1. The third kappa shape index (κ3) is 4.15. The Morgan fingerprint density at radius 3 is 2.61 bits per heavy atom. The van der Waals surface area contributed by atoms with Crippen molar-refractivity contribution in [2.75, 3.05) is 7.05 Å². The normalized spacial score (nSPS) is 11.8. The van der Waals surface area contributed by atoms with Crippen LogP contribution in [0.5, 0.6) is 0 Å². The molecule has 1 atom stereocenters. The number of nitrogens with zero attached hydrogens (tertiary/aromatic N) is 3. The summed E-state index contributed by atoms with van der Waals surface area (Å²) in [7, 11) is 1.59. The minimum absolute atomic E-state index is 0.194. The minimum atomic E-state index is -1.09. The van der Waals surface area contributed by atoms with Gasteiger partial charge in [0.1, 0.15) is 10.6 Å². The van der Waals surface area contributed by atoms with E-state index < -0.39 is 22.9 Å². The van der Waals surface area contributed by atoms with Crippen LogP contribution >= 0.6 is 11.3 Å². The van der Waals surface area contributed by atoms with Crippen LogP contribution < -0.4 is 0 Å². The lowest BCUT2D eigenvalue weighted by Crippen LogP contribution is -2.37. The summed E-state index contributed by atoms with van der Waals surface area (Å²) in [5.41, 5.74) is 0.301. The molecule has 1 heterocycles.